The number of benzene rings is 2. The second kappa shape index (κ2) is 11.2. The number of carbonyl (C=O) groups excluding carboxylic acids is 2. The van der Waals surface area contributed by atoms with E-state index in [4.69, 9.17) is 4.74 Å². The van der Waals surface area contributed by atoms with Crippen molar-refractivity contribution < 1.29 is 14.3 Å². The minimum absolute atomic E-state index is 0.00234. The summed E-state index contributed by atoms with van der Waals surface area (Å²) in [4.78, 5) is 26.5. The van der Waals surface area contributed by atoms with Crippen LogP contribution in [-0.4, -0.2) is 50.6 Å². The molecule has 7 heteroatoms. The summed E-state index contributed by atoms with van der Waals surface area (Å²) < 4.78 is 5.30. The van der Waals surface area contributed by atoms with Gasteiger partial charge in [-0.2, -0.15) is 0 Å². The van der Waals surface area contributed by atoms with Gasteiger partial charge in [-0.05, 0) is 69.4 Å². The van der Waals surface area contributed by atoms with Gasteiger partial charge < -0.3 is 25.6 Å². The number of urea groups is 1. The molecule has 3 amide bonds. The Hall–Kier alpha value is -3.06. The van der Waals surface area contributed by atoms with Gasteiger partial charge in [0.25, 0.3) is 5.91 Å². The zero-order valence-electron chi connectivity index (χ0n) is 18.4. The second-order valence-electron chi connectivity index (χ2n) is 7.45. The fourth-order valence-corrected chi connectivity index (χ4v) is 2.93. The van der Waals surface area contributed by atoms with Crippen LogP contribution in [0.1, 0.15) is 42.2 Å². The third kappa shape index (κ3) is 6.77. The first kappa shape index (κ1) is 23.2. The fourth-order valence-electron chi connectivity index (χ4n) is 2.93. The molecule has 2 rings (SSSR count). The number of nitrogens with zero attached hydrogens (tertiary/aromatic N) is 1. The SMILES string of the molecule is CCC(C)NC(=O)c1ccc(NC(=O)NCC(c2cccc(OC)c2)N(C)C)cc1. The Kier molecular flexibility index (Phi) is 8.68. The number of carbonyl (C=O) groups is 2. The van der Waals surface area contributed by atoms with Crippen LogP contribution in [0.15, 0.2) is 48.5 Å². The quantitative estimate of drug-likeness (QED) is 0.587. The van der Waals surface area contributed by atoms with Crippen molar-refractivity contribution in [3.8, 4) is 5.75 Å². The molecule has 0 bridgehead atoms. The van der Waals surface area contributed by atoms with Gasteiger partial charge in [0.2, 0.25) is 0 Å². The molecule has 2 aromatic carbocycles. The predicted octanol–water partition coefficient (Wildman–Crippen LogP) is 3.65. The van der Waals surface area contributed by atoms with Crippen molar-refractivity contribution in [2.75, 3.05) is 33.1 Å². The third-order valence-electron chi connectivity index (χ3n) is 4.95. The highest BCUT2D eigenvalue weighted by atomic mass is 16.5. The Morgan fingerprint density at radius 2 is 1.80 bits per heavy atom. The highest BCUT2D eigenvalue weighted by molar-refractivity contribution is 5.95. The van der Waals surface area contributed by atoms with Crippen LogP contribution in [0.2, 0.25) is 0 Å². The van der Waals surface area contributed by atoms with Crippen LogP contribution < -0.4 is 20.7 Å². The van der Waals surface area contributed by atoms with Gasteiger partial charge in [-0.1, -0.05) is 19.1 Å². The number of amides is 3. The number of anilines is 1. The lowest BCUT2D eigenvalue weighted by molar-refractivity contribution is 0.0939. The van der Waals surface area contributed by atoms with Crippen molar-refractivity contribution in [3.05, 3.63) is 59.7 Å². The summed E-state index contributed by atoms with van der Waals surface area (Å²) in [5, 5.41) is 8.63. The molecule has 2 atom stereocenters. The zero-order chi connectivity index (χ0) is 22.1. The lowest BCUT2D eigenvalue weighted by Gasteiger charge is -2.25. The van der Waals surface area contributed by atoms with Crippen LogP contribution in [0.5, 0.6) is 5.75 Å². The van der Waals surface area contributed by atoms with Gasteiger partial charge in [-0.3, -0.25) is 4.79 Å². The van der Waals surface area contributed by atoms with Crippen molar-refractivity contribution in [2.45, 2.75) is 32.4 Å². The first-order valence-electron chi connectivity index (χ1n) is 10.1. The van der Waals surface area contributed by atoms with Crippen LogP contribution in [0.25, 0.3) is 0 Å². The summed E-state index contributed by atoms with van der Waals surface area (Å²) >= 11 is 0. The van der Waals surface area contributed by atoms with E-state index in [0.717, 1.165) is 17.7 Å². The summed E-state index contributed by atoms with van der Waals surface area (Å²) in [6, 6.07) is 14.5. The van der Waals surface area contributed by atoms with Crippen molar-refractivity contribution in [3.63, 3.8) is 0 Å². The largest absolute Gasteiger partial charge is 0.497 e. The Morgan fingerprint density at radius 3 is 2.40 bits per heavy atom. The van der Waals surface area contributed by atoms with Gasteiger partial charge in [0, 0.05) is 23.8 Å². The molecule has 0 spiro atoms. The van der Waals surface area contributed by atoms with E-state index in [1.54, 1.807) is 31.4 Å². The predicted molar refractivity (Wildman–Crippen MR) is 120 cm³/mol. The van der Waals surface area contributed by atoms with Crippen LogP contribution in [0, 0.1) is 0 Å². The van der Waals surface area contributed by atoms with E-state index in [2.05, 4.69) is 16.0 Å². The van der Waals surface area contributed by atoms with E-state index in [0.29, 0.717) is 17.8 Å². The molecule has 2 unspecified atom stereocenters. The number of methoxy groups -OCH3 is 1. The topological polar surface area (TPSA) is 82.7 Å². The molecular formula is C23H32N4O3. The maximum Gasteiger partial charge on any atom is 0.319 e. The summed E-state index contributed by atoms with van der Waals surface area (Å²) in [5.41, 5.74) is 2.23. The molecule has 0 saturated heterocycles. The van der Waals surface area contributed by atoms with Crippen LogP contribution in [-0.2, 0) is 0 Å². The molecule has 0 aliphatic carbocycles. The van der Waals surface area contributed by atoms with Crippen molar-refractivity contribution in [2.24, 2.45) is 0 Å². The second-order valence-corrected chi connectivity index (χ2v) is 7.45. The number of ether oxygens (including phenoxy) is 1. The smallest absolute Gasteiger partial charge is 0.319 e. The average Bonchev–Trinajstić information content (AvgIpc) is 2.74. The Balaban J connectivity index is 1.93. The molecule has 0 fully saturated rings. The number of nitrogens with one attached hydrogen (secondary N) is 3. The summed E-state index contributed by atoms with van der Waals surface area (Å²) in [6.07, 6.45) is 0.870. The molecular weight excluding hydrogens is 380 g/mol. The minimum atomic E-state index is -0.304. The monoisotopic (exact) mass is 412 g/mol. The molecule has 30 heavy (non-hydrogen) atoms. The van der Waals surface area contributed by atoms with E-state index in [9.17, 15) is 9.59 Å². The van der Waals surface area contributed by atoms with E-state index in [1.807, 2.05) is 57.1 Å². The third-order valence-corrected chi connectivity index (χ3v) is 4.95. The molecule has 0 radical (unpaired) electrons. The van der Waals surface area contributed by atoms with Crippen LogP contribution in [0.4, 0.5) is 10.5 Å². The summed E-state index contributed by atoms with van der Waals surface area (Å²) in [6.45, 7) is 4.41. The number of hydrogen-bond donors (Lipinski definition) is 3. The summed E-state index contributed by atoms with van der Waals surface area (Å²) in [5.74, 6) is 0.661. The van der Waals surface area contributed by atoms with Gasteiger partial charge in [0.15, 0.2) is 0 Å². The van der Waals surface area contributed by atoms with Gasteiger partial charge in [0.1, 0.15) is 5.75 Å². The van der Waals surface area contributed by atoms with Crippen LogP contribution in [0.3, 0.4) is 0 Å². The van der Waals surface area contributed by atoms with Crippen molar-refractivity contribution >= 4 is 17.6 Å². The van der Waals surface area contributed by atoms with E-state index in [1.165, 1.54) is 0 Å². The van der Waals surface area contributed by atoms with Crippen LogP contribution >= 0.6 is 0 Å². The molecule has 0 aliphatic heterocycles. The molecule has 0 aliphatic rings. The van der Waals surface area contributed by atoms with Gasteiger partial charge in [0.05, 0.1) is 13.2 Å². The van der Waals surface area contributed by atoms with Crippen molar-refractivity contribution in [1.29, 1.82) is 0 Å². The first-order chi connectivity index (χ1) is 14.3. The first-order valence-corrected chi connectivity index (χ1v) is 10.1. The van der Waals surface area contributed by atoms with Gasteiger partial charge >= 0.3 is 6.03 Å². The molecule has 2 aromatic rings. The number of hydrogen-bond acceptors (Lipinski definition) is 4. The molecule has 162 valence electrons. The maximum absolute atomic E-state index is 12.4. The Morgan fingerprint density at radius 1 is 1.10 bits per heavy atom. The van der Waals surface area contributed by atoms with E-state index in [-0.39, 0.29) is 24.0 Å². The molecule has 7 nitrogen and oxygen atoms in total. The van der Waals surface area contributed by atoms with E-state index < -0.39 is 0 Å². The van der Waals surface area contributed by atoms with Crippen molar-refractivity contribution in [1.82, 2.24) is 15.5 Å². The lowest BCUT2D eigenvalue weighted by Crippen LogP contribution is -2.36. The molecule has 0 aromatic heterocycles. The maximum atomic E-state index is 12.4. The Bertz CT molecular complexity index is 837. The number of likely N-dealkylation sites (N-methyl/N-ethyl adjacent to an activating group) is 1. The standard InChI is InChI=1S/C23H32N4O3/c1-6-16(2)25-22(28)17-10-12-19(13-11-17)26-23(29)24-15-21(27(3)4)18-8-7-9-20(14-18)30-5/h7-14,16,21H,6,15H2,1-5H3,(H,25,28)(H2,24,26,29). The molecule has 3 N–H and O–H groups in total. The normalized spacial score (nSPS) is 12.7. The lowest BCUT2D eigenvalue weighted by atomic mass is 10.1. The minimum Gasteiger partial charge on any atom is -0.497 e. The molecule has 0 saturated carbocycles. The fraction of sp³-hybridized carbons (Fsp3) is 0.391. The summed E-state index contributed by atoms with van der Waals surface area (Å²) in [7, 11) is 5.56. The zero-order valence-corrected chi connectivity index (χ0v) is 18.4. The average molecular weight is 413 g/mol. The molecule has 0 heterocycles. The highest BCUT2D eigenvalue weighted by Crippen LogP contribution is 2.22. The highest BCUT2D eigenvalue weighted by Gasteiger charge is 2.16. The number of rotatable bonds is 9. The van der Waals surface area contributed by atoms with Gasteiger partial charge in [-0.25, -0.2) is 4.79 Å². The Labute approximate surface area is 178 Å². The van der Waals surface area contributed by atoms with Gasteiger partial charge in [-0.15, -0.1) is 0 Å². The van der Waals surface area contributed by atoms with E-state index >= 15 is 0 Å².